The number of urea groups is 1. The highest BCUT2D eigenvalue weighted by molar-refractivity contribution is 7.91. The van der Waals surface area contributed by atoms with E-state index in [1.165, 1.54) is 11.9 Å². The summed E-state index contributed by atoms with van der Waals surface area (Å²) >= 11 is 5.76. The van der Waals surface area contributed by atoms with E-state index in [-0.39, 0.29) is 30.0 Å². The van der Waals surface area contributed by atoms with E-state index in [9.17, 15) is 18.0 Å². The van der Waals surface area contributed by atoms with Gasteiger partial charge in [0.1, 0.15) is 6.54 Å². The van der Waals surface area contributed by atoms with Gasteiger partial charge in [-0.3, -0.25) is 4.79 Å². The van der Waals surface area contributed by atoms with Gasteiger partial charge in [-0.25, -0.2) is 13.2 Å². The molecule has 0 spiro atoms. The molecule has 1 saturated heterocycles. The van der Waals surface area contributed by atoms with E-state index in [2.05, 4.69) is 10.6 Å². The van der Waals surface area contributed by atoms with Gasteiger partial charge in [0.05, 0.1) is 11.5 Å². The third kappa shape index (κ3) is 5.40. The lowest BCUT2D eigenvalue weighted by Crippen LogP contribution is -2.44. The van der Waals surface area contributed by atoms with Crippen molar-refractivity contribution < 1.29 is 18.0 Å². The third-order valence-electron chi connectivity index (χ3n) is 3.42. The van der Waals surface area contributed by atoms with Gasteiger partial charge < -0.3 is 15.5 Å². The molecule has 2 rings (SSSR count). The zero-order valence-electron chi connectivity index (χ0n) is 12.6. The van der Waals surface area contributed by atoms with Crippen LogP contribution in [0.15, 0.2) is 24.3 Å². The highest BCUT2D eigenvalue weighted by Gasteiger charge is 2.29. The summed E-state index contributed by atoms with van der Waals surface area (Å²) in [4.78, 5) is 25.1. The molecule has 1 heterocycles. The highest BCUT2D eigenvalue weighted by Crippen LogP contribution is 2.14. The molecule has 7 nitrogen and oxygen atoms in total. The van der Waals surface area contributed by atoms with Crippen LogP contribution >= 0.6 is 11.6 Å². The van der Waals surface area contributed by atoms with E-state index in [1.54, 1.807) is 24.3 Å². The number of carbonyl (C=O) groups is 2. The molecule has 2 N–H and O–H groups in total. The van der Waals surface area contributed by atoms with E-state index >= 15 is 0 Å². The molecule has 0 bridgehead atoms. The predicted molar refractivity (Wildman–Crippen MR) is 88.3 cm³/mol. The maximum atomic E-state index is 12.0. The van der Waals surface area contributed by atoms with Crippen molar-refractivity contribution in [3.63, 3.8) is 0 Å². The Morgan fingerprint density at radius 3 is 2.52 bits per heavy atom. The van der Waals surface area contributed by atoms with Crippen molar-refractivity contribution >= 4 is 39.1 Å². The first kappa shape index (κ1) is 17.6. The van der Waals surface area contributed by atoms with E-state index in [0.29, 0.717) is 17.1 Å². The Balaban J connectivity index is 1.81. The molecule has 1 aromatic carbocycles. The number of likely N-dealkylation sites (N-methyl/N-ethyl adjacent to an activating group) is 1. The zero-order valence-corrected chi connectivity index (χ0v) is 14.2. The molecule has 126 valence electrons. The minimum atomic E-state index is -3.05. The number of halogens is 1. The SMILES string of the molecule is CN(CC(=O)NC1CCS(=O)(=O)C1)C(=O)Nc1ccc(Cl)cc1. The van der Waals surface area contributed by atoms with E-state index in [0.717, 1.165) is 0 Å². The van der Waals surface area contributed by atoms with Gasteiger partial charge in [-0.05, 0) is 30.7 Å². The first-order valence-corrected chi connectivity index (χ1v) is 9.22. The lowest BCUT2D eigenvalue weighted by atomic mass is 10.2. The Bertz CT molecular complexity index is 690. The molecule has 0 saturated carbocycles. The highest BCUT2D eigenvalue weighted by atomic mass is 35.5. The number of amides is 3. The van der Waals surface area contributed by atoms with Crippen molar-refractivity contribution in [1.29, 1.82) is 0 Å². The number of benzene rings is 1. The Hall–Kier alpha value is -1.80. The van der Waals surface area contributed by atoms with Crippen LogP contribution in [-0.2, 0) is 14.6 Å². The van der Waals surface area contributed by atoms with Crippen LogP contribution in [0.4, 0.5) is 10.5 Å². The van der Waals surface area contributed by atoms with Crippen molar-refractivity contribution in [3.05, 3.63) is 29.3 Å². The van der Waals surface area contributed by atoms with Crippen LogP contribution in [0.3, 0.4) is 0 Å². The maximum absolute atomic E-state index is 12.0. The monoisotopic (exact) mass is 359 g/mol. The smallest absolute Gasteiger partial charge is 0.322 e. The molecule has 0 aliphatic carbocycles. The van der Waals surface area contributed by atoms with Crippen molar-refractivity contribution in [2.45, 2.75) is 12.5 Å². The van der Waals surface area contributed by atoms with Crippen LogP contribution in [0.25, 0.3) is 0 Å². The number of carbonyl (C=O) groups excluding carboxylic acids is 2. The number of hydrogen-bond donors (Lipinski definition) is 2. The van der Waals surface area contributed by atoms with E-state index < -0.39 is 15.9 Å². The van der Waals surface area contributed by atoms with Crippen LogP contribution in [0.1, 0.15) is 6.42 Å². The topological polar surface area (TPSA) is 95.6 Å². The van der Waals surface area contributed by atoms with Gasteiger partial charge in [0.2, 0.25) is 5.91 Å². The predicted octanol–water partition coefficient (Wildman–Crippen LogP) is 1.11. The molecule has 23 heavy (non-hydrogen) atoms. The molecule has 1 atom stereocenters. The fourth-order valence-electron chi connectivity index (χ4n) is 2.22. The summed E-state index contributed by atoms with van der Waals surface area (Å²) in [6.07, 6.45) is 0.411. The Morgan fingerprint density at radius 1 is 1.30 bits per heavy atom. The minimum Gasteiger partial charge on any atom is -0.351 e. The fraction of sp³-hybridized carbons (Fsp3) is 0.429. The summed E-state index contributed by atoms with van der Waals surface area (Å²) < 4.78 is 22.7. The molecule has 1 aliphatic rings. The second-order valence-corrected chi connectivity index (χ2v) is 8.13. The van der Waals surface area contributed by atoms with Gasteiger partial charge in [0, 0.05) is 23.8 Å². The van der Waals surface area contributed by atoms with Gasteiger partial charge in [-0.15, -0.1) is 0 Å². The summed E-state index contributed by atoms with van der Waals surface area (Å²) in [6.45, 7) is -0.157. The Kier molecular flexibility index (Phi) is 5.48. The summed E-state index contributed by atoms with van der Waals surface area (Å²) in [5, 5.41) is 5.83. The van der Waals surface area contributed by atoms with Gasteiger partial charge in [0.25, 0.3) is 0 Å². The Labute approximate surface area is 139 Å². The molecule has 0 aromatic heterocycles. The first-order chi connectivity index (χ1) is 10.7. The summed E-state index contributed by atoms with van der Waals surface area (Å²) in [5.74, 6) is -0.342. The number of nitrogens with one attached hydrogen (secondary N) is 2. The zero-order chi connectivity index (χ0) is 17.0. The molecule has 0 radical (unpaired) electrons. The van der Waals surface area contributed by atoms with E-state index in [1.807, 2.05) is 0 Å². The number of anilines is 1. The van der Waals surface area contributed by atoms with Gasteiger partial charge in [-0.2, -0.15) is 0 Å². The number of hydrogen-bond acceptors (Lipinski definition) is 4. The second kappa shape index (κ2) is 7.18. The fourth-order valence-corrected chi connectivity index (χ4v) is 4.02. The maximum Gasteiger partial charge on any atom is 0.322 e. The lowest BCUT2D eigenvalue weighted by Gasteiger charge is -2.19. The van der Waals surface area contributed by atoms with Gasteiger partial charge in [0.15, 0.2) is 9.84 Å². The normalized spacial score (nSPS) is 19.1. The lowest BCUT2D eigenvalue weighted by molar-refractivity contribution is -0.121. The quantitative estimate of drug-likeness (QED) is 0.841. The van der Waals surface area contributed by atoms with Crippen LogP contribution < -0.4 is 10.6 Å². The third-order valence-corrected chi connectivity index (χ3v) is 5.44. The van der Waals surface area contributed by atoms with Crippen LogP contribution in [-0.4, -0.2) is 56.4 Å². The number of nitrogens with zero attached hydrogens (tertiary/aromatic N) is 1. The molecular weight excluding hydrogens is 342 g/mol. The molecule has 1 aliphatic heterocycles. The molecule has 1 aromatic rings. The van der Waals surface area contributed by atoms with Gasteiger partial charge in [-0.1, -0.05) is 11.6 Å². The molecule has 1 fully saturated rings. The summed E-state index contributed by atoms with van der Waals surface area (Å²) in [7, 11) is -1.57. The summed E-state index contributed by atoms with van der Waals surface area (Å²) in [6, 6.07) is 5.77. The first-order valence-electron chi connectivity index (χ1n) is 7.03. The molecule has 3 amide bonds. The van der Waals surface area contributed by atoms with Crippen molar-refractivity contribution in [3.8, 4) is 0 Å². The average molecular weight is 360 g/mol. The number of sulfone groups is 1. The summed E-state index contributed by atoms with van der Waals surface area (Å²) in [5.41, 5.74) is 0.563. The van der Waals surface area contributed by atoms with Crippen LogP contribution in [0, 0.1) is 0 Å². The van der Waals surface area contributed by atoms with Crippen molar-refractivity contribution in [2.75, 3.05) is 30.4 Å². The molecule has 9 heteroatoms. The second-order valence-electron chi connectivity index (χ2n) is 5.46. The van der Waals surface area contributed by atoms with Gasteiger partial charge >= 0.3 is 6.03 Å². The van der Waals surface area contributed by atoms with Crippen molar-refractivity contribution in [1.82, 2.24) is 10.2 Å². The Morgan fingerprint density at radius 2 is 1.96 bits per heavy atom. The van der Waals surface area contributed by atoms with Crippen molar-refractivity contribution in [2.24, 2.45) is 0 Å². The largest absolute Gasteiger partial charge is 0.351 e. The average Bonchev–Trinajstić information content (AvgIpc) is 2.80. The molecular formula is C14H18ClN3O4S. The minimum absolute atomic E-state index is 0.0422. The molecule has 1 unspecified atom stereocenters. The standard InChI is InChI=1S/C14H18ClN3O4S/c1-18(14(20)17-11-4-2-10(15)3-5-11)8-13(19)16-12-6-7-23(21,22)9-12/h2-5,12H,6-9H2,1H3,(H,16,19)(H,17,20). The van der Waals surface area contributed by atoms with E-state index in [4.69, 9.17) is 11.6 Å². The van der Waals surface area contributed by atoms with Crippen LogP contribution in [0.2, 0.25) is 5.02 Å². The van der Waals surface area contributed by atoms with Crippen LogP contribution in [0.5, 0.6) is 0 Å². The number of rotatable bonds is 4.